The lowest BCUT2D eigenvalue weighted by Crippen LogP contribution is -2.71. The minimum atomic E-state index is -1.31. The fraction of sp³-hybridized carbons (Fsp3) is 0.375. The number of thioether (sulfide) groups is 2. The topological polar surface area (TPSA) is 188 Å². The van der Waals surface area contributed by atoms with Crippen LogP contribution in [0.1, 0.15) is 19.0 Å². The number of nitrogens with two attached hydrogens (primary N) is 1. The number of nitrogens with zero attached hydrogens (tertiary/aromatic N) is 4. The Balaban J connectivity index is 1.48. The summed E-state index contributed by atoms with van der Waals surface area (Å²) in [6.45, 7) is 1.33. The summed E-state index contributed by atoms with van der Waals surface area (Å²) in [5, 5.41) is 26.3. The Labute approximate surface area is 245 Å². The highest BCUT2D eigenvalue weighted by molar-refractivity contribution is 8.01. The van der Waals surface area contributed by atoms with Crippen LogP contribution in [0, 0.1) is 0 Å². The fourth-order valence-electron chi connectivity index (χ4n) is 3.97. The Hall–Kier alpha value is -3.70. The molecule has 2 aromatic heterocycles. The summed E-state index contributed by atoms with van der Waals surface area (Å²) in [6.07, 6.45) is 2.24. The van der Waals surface area contributed by atoms with Crippen LogP contribution in [-0.2, 0) is 30.6 Å². The minimum Gasteiger partial charge on any atom is -0.478 e. The van der Waals surface area contributed by atoms with E-state index in [0.29, 0.717) is 17.1 Å². The molecular formula is C24H26FN6O7S3+. The molecule has 2 aromatic rings. The van der Waals surface area contributed by atoms with Gasteiger partial charge in [-0.25, -0.2) is 23.5 Å². The number of aryl methyl sites for hydroxylation is 1. The molecule has 0 radical (unpaired) electrons. The van der Waals surface area contributed by atoms with E-state index < -0.39 is 47.9 Å². The number of thiazole rings is 1. The number of amides is 2. The largest absolute Gasteiger partial charge is 0.478 e. The van der Waals surface area contributed by atoms with E-state index in [9.17, 15) is 33.8 Å². The normalized spacial score (nSPS) is 19.3. The lowest BCUT2D eigenvalue weighted by molar-refractivity contribution is -0.697. The van der Waals surface area contributed by atoms with Crippen LogP contribution in [0.25, 0.3) is 0 Å². The standard InChI is InChI=1S/C24H25FN6O7S3/c1-2-15(22(34)35)38-29-16(14-11-41-24(26)27-14)19(32)28-17-20(33)31-18(23(36)37)12(10-40-21(17)31)9-39-13-3-6-30(7-4-13)8-5-25/h3-4,6-7,11,15,17,21H,2,5,8-10H2,1H3,(H4-,26,27,28,32,34,35,36,37)/p+1/b29-16-/t15?,17-,21-/m1/s1. The predicted molar refractivity (Wildman–Crippen MR) is 149 cm³/mol. The van der Waals surface area contributed by atoms with Crippen molar-refractivity contribution in [3.63, 3.8) is 0 Å². The summed E-state index contributed by atoms with van der Waals surface area (Å²) in [5.41, 5.74) is 5.76. The molecule has 0 spiro atoms. The molecule has 2 aliphatic heterocycles. The summed E-state index contributed by atoms with van der Waals surface area (Å²) in [4.78, 5) is 60.9. The van der Waals surface area contributed by atoms with Gasteiger partial charge in [0.15, 0.2) is 29.8 Å². The third kappa shape index (κ3) is 6.79. The molecule has 2 aliphatic rings. The number of pyridine rings is 1. The van der Waals surface area contributed by atoms with Gasteiger partial charge in [0.25, 0.3) is 11.8 Å². The molecule has 1 fully saturated rings. The molecule has 13 nitrogen and oxygen atoms in total. The van der Waals surface area contributed by atoms with Crippen molar-refractivity contribution >= 4 is 69.5 Å². The summed E-state index contributed by atoms with van der Waals surface area (Å²) in [6, 6.07) is 2.55. The smallest absolute Gasteiger partial charge is 0.352 e. The van der Waals surface area contributed by atoms with E-state index in [4.69, 9.17) is 10.6 Å². The number of hydrogen-bond acceptors (Lipinski definition) is 11. The second-order valence-electron chi connectivity index (χ2n) is 8.72. The van der Waals surface area contributed by atoms with Crippen LogP contribution in [0.3, 0.4) is 0 Å². The van der Waals surface area contributed by atoms with Crippen LogP contribution < -0.4 is 15.6 Å². The van der Waals surface area contributed by atoms with Crippen LogP contribution in [0.4, 0.5) is 9.52 Å². The Bertz CT molecular complexity index is 1400. The molecular weight excluding hydrogens is 599 g/mol. The van der Waals surface area contributed by atoms with Crippen LogP contribution in [0.5, 0.6) is 0 Å². The average molecular weight is 626 g/mol. The zero-order chi connectivity index (χ0) is 29.7. The second-order valence-corrected chi connectivity index (χ2v) is 11.8. The number of carbonyl (C=O) groups excluding carboxylic acids is 2. The summed E-state index contributed by atoms with van der Waals surface area (Å²) < 4.78 is 14.2. The summed E-state index contributed by atoms with van der Waals surface area (Å²) in [5.74, 6) is -3.37. The third-order valence-corrected chi connectivity index (χ3v) is 9.16. The Kier molecular flexibility index (Phi) is 9.82. The number of rotatable bonds is 13. The van der Waals surface area contributed by atoms with E-state index in [1.54, 1.807) is 36.0 Å². The van der Waals surface area contributed by atoms with Crippen LogP contribution in [0.15, 0.2) is 51.2 Å². The molecule has 17 heteroatoms. The van der Waals surface area contributed by atoms with Crippen molar-refractivity contribution in [3.8, 4) is 0 Å². The SMILES string of the molecule is CCC(O/N=C(\C(=O)N[C@@H]1C(=O)N2C(C(=O)O)=C(CSc3cc[n+](CCF)cc3)CS[C@H]12)c1csc(N)n1)C(=O)O. The van der Waals surface area contributed by atoms with Crippen molar-refractivity contribution in [3.05, 3.63) is 46.9 Å². The summed E-state index contributed by atoms with van der Waals surface area (Å²) in [7, 11) is 0. The summed E-state index contributed by atoms with van der Waals surface area (Å²) >= 11 is 3.73. The van der Waals surface area contributed by atoms with Gasteiger partial charge in [-0.15, -0.1) is 34.9 Å². The molecule has 41 heavy (non-hydrogen) atoms. The number of halogens is 1. The van der Waals surface area contributed by atoms with Crippen LogP contribution >= 0.6 is 34.9 Å². The van der Waals surface area contributed by atoms with Gasteiger partial charge in [-0.3, -0.25) is 14.5 Å². The number of aliphatic carboxylic acids is 2. The van der Waals surface area contributed by atoms with E-state index in [1.165, 1.54) is 28.9 Å². The van der Waals surface area contributed by atoms with Crippen molar-refractivity contribution in [2.75, 3.05) is 23.9 Å². The van der Waals surface area contributed by atoms with Gasteiger partial charge in [-0.1, -0.05) is 12.1 Å². The van der Waals surface area contributed by atoms with Crippen molar-refractivity contribution < 1.29 is 43.2 Å². The van der Waals surface area contributed by atoms with Gasteiger partial charge in [-0.05, 0) is 12.0 Å². The Morgan fingerprint density at radius 2 is 2.10 bits per heavy atom. The van der Waals surface area contributed by atoms with Crippen molar-refractivity contribution in [1.29, 1.82) is 0 Å². The number of carbonyl (C=O) groups is 4. The zero-order valence-electron chi connectivity index (χ0n) is 21.6. The monoisotopic (exact) mass is 625 g/mol. The van der Waals surface area contributed by atoms with E-state index in [0.717, 1.165) is 21.1 Å². The van der Waals surface area contributed by atoms with Crippen molar-refractivity contribution in [1.82, 2.24) is 15.2 Å². The minimum absolute atomic E-state index is 0.0340. The molecule has 0 saturated carbocycles. The van der Waals surface area contributed by atoms with Gasteiger partial charge in [0.1, 0.15) is 29.5 Å². The van der Waals surface area contributed by atoms with Gasteiger partial charge in [0.05, 0.1) is 0 Å². The maximum atomic E-state index is 13.2. The third-order valence-electron chi connectivity index (χ3n) is 6.05. The lowest BCUT2D eigenvalue weighted by Gasteiger charge is -2.49. The Morgan fingerprint density at radius 3 is 2.68 bits per heavy atom. The van der Waals surface area contributed by atoms with E-state index in [2.05, 4.69) is 15.5 Å². The number of fused-ring (bicyclic) bond motifs is 1. The first-order valence-corrected chi connectivity index (χ1v) is 15.1. The highest BCUT2D eigenvalue weighted by Gasteiger charge is 2.54. The number of anilines is 1. The van der Waals surface area contributed by atoms with Crippen LogP contribution in [0.2, 0.25) is 0 Å². The fourth-order valence-corrected chi connectivity index (χ4v) is 6.89. The number of nitrogen functional groups attached to an aromatic ring is 1. The molecule has 2 amide bonds. The van der Waals surface area contributed by atoms with E-state index >= 15 is 0 Å². The van der Waals surface area contributed by atoms with Gasteiger partial charge in [0.2, 0.25) is 6.10 Å². The van der Waals surface area contributed by atoms with Gasteiger partial charge >= 0.3 is 11.9 Å². The highest BCUT2D eigenvalue weighted by atomic mass is 32.2. The Morgan fingerprint density at radius 1 is 1.37 bits per heavy atom. The number of carboxylic acid groups (broad SMARTS) is 2. The molecule has 3 atom stereocenters. The number of β-lactam (4-membered cyclic amide) rings is 1. The number of carboxylic acids is 2. The molecule has 0 bridgehead atoms. The van der Waals surface area contributed by atoms with Gasteiger partial charge in [0, 0.05) is 33.9 Å². The van der Waals surface area contributed by atoms with Crippen molar-refractivity contribution in [2.45, 2.75) is 42.3 Å². The maximum absolute atomic E-state index is 13.2. The first kappa shape index (κ1) is 30.3. The number of aromatic nitrogens is 2. The molecule has 0 aromatic carbocycles. The predicted octanol–water partition coefficient (Wildman–Crippen LogP) is 1.10. The van der Waals surface area contributed by atoms with E-state index in [-0.39, 0.29) is 35.2 Å². The number of hydrogen-bond donors (Lipinski definition) is 4. The number of alkyl halides is 1. The average Bonchev–Trinajstić information content (AvgIpc) is 3.38. The maximum Gasteiger partial charge on any atom is 0.352 e. The zero-order valence-corrected chi connectivity index (χ0v) is 24.0. The lowest BCUT2D eigenvalue weighted by atomic mass is 10.0. The second kappa shape index (κ2) is 13.3. The van der Waals surface area contributed by atoms with Crippen LogP contribution in [-0.4, -0.2) is 85.3 Å². The van der Waals surface area contributed by atoms with Crippen molar-refractivity contribution in [2.24, 2.45) is 5.16 Å². The van der Waals surface area contributed by atoms with Gasteiger partial charge in [-0.2, -0.15) is 0 Å². The number of nitrogens with one attached hydrogen (secondary N) is 1. The molecule has 5 N–H and O–H groups in total. The molecule has 218 valence electrons. The first-order valence-electron chi connectivity index (χ1n) is 12.2. The molecule has 1 saturated heterocycles. The first-order chi connectivity index (χ1) is 19.6. The molecule has 1 unspecified atom stereocenters. The molecule has 4 rings (SSSR count). The van der Waals surface area contributed by atoms with Gasteiger partial charge < -0.3 is 26.1 Å². The number of oxime groups is 1. The molecule has 4 heterocycles. The van der Waals surface area contributed by atoms with E-state index in [1.807, 2.05) is 0 Å². The quantitative estimate of drug-likeness (QED) is 0.0820. The highest BCUT2D eigenvalue weighted by Crippen LogP contribution is 2.41. The molecule has 0 aliphatic carbocycles.